The molecule has 10 heteroatoms. The van der Waals surface area contributed by atoms with E-state index in [2.05, 4.69) is 10.6 Å². The van der Waals surface area contributed by atoms with E-state index in [1.807, 2.05) is 19.1 Å². The predicted octanol–water partition coefficient (Wildman–Crippen LogP) is 5.93. The van der Waals surface area contributed by atoms with Crippen LogP contribution in [0, 0.1) is 6.92 Å². The Labute approximate surface area is 218 Å². The second-order valence-corrected chi connectivity index (χ2v) is 8.40. The molecule has 0 spiro atoms. The highest BCUT2D eigenvalue weighted by Gasteiger charge is 2.18. The van der Waals surface area contributed by atoms with Crippen molar-refractivity contribution < 1.29 is 33.8 Å². The summed E-state index contributed by atoms with van der Waals surface area (Å²) in [6.45, 7) is 3.19. The molecule has 0 bridgehead atoms. The van der Waals surface area contributed by atoms with Crippen molar-refractivity contribution in [3.8, 4) is 0 Å². The maximum atomic E-state index is 12.9. The van der Waals surface area contributed by atoms with Crippen LogP contribution in [0.15, 0.2) is 66.7 Å². The van der Waals surface area contributed by atoms with Crippen LogP contribution in [0.1, 0.15) is 41.3 Å². The van der Waals surface area contributed by atoms with Crippen molar-refractivity contribution in [3.63, 3.8) is 0 Å². The second kappa shape index (κ2) is 12.5. The van der Waals surface area contributed by atoms with Gasteiger partial charge in [-0.2, -0.15) is 0 Å². The highest BCUT2D eigenvalue weighted by molar-refractivity contribution is 6.35. The van der Waals surface area contributed by atoms with Gasteiger partial charge in [-0.1, -0.05) is 48.0 Å². The van der Waals surface area contributed by atoms with E-state index in [-0.39, 0.29) is 23.6 Å². The van der Waals surface area contributed by atoms with Crippen LogP contribution in [0.25, 0.3) is 0 Å². The van der Waals surface area contributed by atoms with Crippen molar-refractivity contribution in [1.29, 1.82) is 0 Å². The first-order valence-electron chi connectivity index (χ1n) is 11.3. The van der Waals surface area contributed by atoms with E-state index in [1.165, 1.54) is 6.92 Å². The summed E-state index contributed by atoms with van der Waals surface area (Å²) in [7, 11) is 0. The normalized spacial score (nSPS) is 11.2. The van der Waals surface area contributed by atoms with Gasteiger partial charge in [0.15, 0.2) is 5.78 Å². The summed E-state index contributed by atoms with van der Waals surface area (Å²) in [5, 5.41) is 14.6. The van der Waals surface area contributed by atoms with E-state index in [1.54, 1.807) is 54.6 Å². The number of carboxylic acids is 1. The fourth-order valence-corrected chi connectivity index (χ4v) is 3.64. The maximum Gasteiger partial charge on any atom is 0.414 e. The molecule has 1 amide bonds. The molecule has 37 heavy (non-hydrogen) atoms. The van der Waals surface area contributed by atoms with E-state index in [9.17, 15) is 19.2 Å². The highest BCUT2D eigenvalue weighted by Crippen LogP contribution is 2.29. The number of carboxylic acid groups (broad SMARTS) is 1. The molecule has 0 aromatic heterocycles. The Balaban J connectivity index is 1.65. The lowest BCUT2D eigenvalue weighted by atomic mass is 9.99. The third-order valence-corrected chi connectivity index (χ3v) is 5.47. The Morgan fingerprint density at radius 2 is 1.57 bits per heavy atom. The van der Waals surface area contributed by atoms with Crippen molar-refractivity contribution in [2.75, 3.05) is 10.6 Å². The first-order valence-corrected chi connectivity index (χ1v) is 11.7. The smallest absolute Gasteiger partial charge is 0.414 e. The van der Waals surface area contributed by atoms with E-state index >= 15 is 0 Å². The van der Waals surface area contributed by atoms with E-state index in [0.29, 0.717) is 28.2 Å². The fraction of sp³-hybridized carbons (Fsp3) is 0.185. The van der Waals surface area contributed by atoms with Crippen LogP contribution in [0.4, 0.5) is 21.9 Å². The zero-order valence-corrected chi connectivity index (χ0v) is 20.9. The lowest BCUT2D eigenvalue weighted by molar-refractivity contribution is -0.165. The Hall–Kier alpha value is -4.37. The van der Waals surface area contributed by atoms with Gasteiger partial charge in [-0.05, 0) is 42.8 Å². The molecule has 3 aromatic carbocycles. The van der Waals surface area contributed by atoms with Crippen molar-refractivity contribution in [3.05, 3.63) is 88.4 Å². The van der Waals surface area contributed by atoms with Crippen LogP contribution in [-0.2, 0) is 19.1 Å². The van der Waals surface area contributed by atoms with Crippen molar-refractivity contribution >= 4 is 52.5 Å². The average Bonchev–Trinajstić information content (AvgIpc) is 2.84. The van der Waals surface area contributed by atoms with Crippen LogP contribution in [0.2, 0.25) is 5.02 Å². The van der Waals surface area contributed by atoms with Crippen LogP contribution in [0.5, 0.6) is 0 Å². The van der Waals surface area contributed by atoms with Crippen molar-refractivity contribution in [1.82, 2.24) is 0 Å². The van der Waals surface area contributed by atoms with E-state index in [0.717, 1.165) is 5.56 Å². The number of anilines is 3. The monoisotopic (exact) mass is 524 g/mol. The lowest BCUT2D eigenvalue weighted by Crippen LogP contribution is -2.25. The summed E-state index contributed by atoms with van der Waals surface area (Å²) in [4.78, 5) is 47.4. The van der Waals surface area contributed by atoms with Gasteiger partial charge in [-0.15, -0.1) is 0 Å². The number of esters is 1. The average molecular weight is 525 g/mol. The topological polar surface area (TPSA) is 131 Å². The minimum absolute atomic E-state index is 0.183. The van der Waals surface area contributed by atoms with Gasteiger partial charge in [-0.3, -0.25) is 19.7 Å². The molecular formula is C27H25ClN2O7. The Kier molecular flexibility index (Phi) is 9.23. The highest BCUT2D eigenvalue weighted by atomic mass is 35.5. The number of hydrogen-bond donors (Lipinski definition) is 3. The first kappa shape index (κ1) is 27.2. The third-order valence-electron chi connectivity index (χ3n) is 5.16. The number of hydrogen-bond acceptors (Lipinski definition) is 7. The molecule has 0 heterocycles. The Bertz CT molecular complexity index is 1330. The summed E-state index contributed by atoms with van der Waals surface area (Å²) in [6.07, 6.45) is -2.83. The molecule has 0 fully saturated rings. The molecule has 1 atom stereocenters. The van der Waals surface area contributed by atoms with Crippen LogP contribution in [0.3, 0.4) is 0 Å². The quantitative estimate of drug-likeness (QED) is 0.169. The summed E-state index contributed by atoms with van der Waals surface area (Å²) in [5.74, 6) is -2.12. The lowest BCUT2D eigenvalue weighted by Gasteiger charge is -2.17. The molecular weight excluding hydrogens is 500 g/mol. The molecule has 192 valence electrons. The zero-order chi connectivity index (χ0) is 26.9. The van der Waals surface area contributed by atoms with Crippen molar-refractivity contribution in [2.24, 2.45) is 0 Å². The van der Waals surface area contributed by atoms with E-state index in [4.69, 9.17) is 26.2 Å². The van der Waals surface area contributed by atoms with Gasteiger partial charge in [0.25, 0.3) is 0 Å². The van der Waals surface area contributed by atoms with Crippen molar-refractivity contribution in [2.45, 2.75) is 33.0 Å². The van der Waals surface area contributed by atoms with Gasteiger partial charge in [-0.25, -0.2) is 4.79 Å². The number of nitrogens with one attached hydrogen (secondary N) is 2. The number of rotatable bonds is 10. The number of ketones is 1. The van der Waals surface area contributed by atoms with Crippen LogP contribution < -0.4 is 10.6 Å². The molecule has 0 saturated heterocycles. The van der Waals surface area contributed by atoms with Crippen LogP contribution >= 0.6 is 11.6 Å². The van der Waals surface area contributed by atoms with Gasteiger partial charge in [0, 0.05) is 23.7 Å². The number of carbonyl (C=O) groups is 4. The zero-order valence-electron chi connectivity index (χ0n) is 20.1. The van der Waals surface area contributed by atoms with E-state index < -0.39 is 24.3 Å². The molecule has 3 aromatic rings. The number of benzene rings is 3. The Morgan fingerprint density at radius 1 is 0.892 bits per heavy atom. The molecule has 0 aliphatic rings. The standard InChI is InChI=1S/C27H25ClN2O7/c1-16-7-3-4-8-19(16)26(34)20-12-11-18(15-21(20)28)29-22-9-5-6-10-23(22)30-27(35)37-17(2)36-25(33)14-13-24(31)32/h3-12,15,17,29H,13-14H2,1-2H3,(H,30,35)(H,31,32). The molecule has 0 aliphatic heterocycles. The summed E-state index contributed by atoms with van der Waals surface area (Å²) in [6, 6.07) is 19.0. The molecule has 9 nitrogen and oxygen atoms in total. The van der Waals surface area contributed by atoms with Crippen LogP contribution in [-0.4, -0.2) is 35.2 Å². The summed E-state index contributed by atoms with van der Waals surface area (Å²) >= 11 is 6.43. The Morgan fingerprint density at radius 3 is 2.24 bits per heavy atom. The number of ether oxygens (including phenoxy) is 2. The molecule has 1 unspecified atom stereocenters. The van der Waals surface area contributed by atoms with Gasteiger partial charge in [0.1, 0.15) is 0 Å². The first-order chi connectivity index (χ1) is 17.6. The molecule has 0 aliphatic carbocycles. The number of para-hydroxylation sites is 2. The number of amides is 1. The number of aryl methyl sites for hydroxylation is 1. The number of aliphatic carboxylic acids is 1. The predicted molar refractivity (Wildman–Crippen MR) is 138 cm³/mol. The second-order valence-electron chi connectivity index (χ2n) is 7.99. The SMILES string of the molecule is Cc1ccccc1C(=O)c1ccc(Nc2ccccc2NC(=O)OC(C)OC(=O)CCC(=O)O)cc1Cl. The minimum Gasteiger partial charge on any atom is -0.481 e. The summed E-state index contributed by atoms with van der Waals surface area (Å²) in [5.41, 5.74) is 3.24. The number of carbonyl (C=O) groups excluding carboxylic acids is 3. The molecule has 3 rings (SSSR count). The summed E-state index contributed by atoms with van der Waals surface area (Å²) < 4.78 is 9.90. The molecule has 0 radical (unpaired) electrons. The van der Waals surface area contributed by atoms with Gasteiger partial charge < -0.3 is 19.9 Å². The number of halogens is 1. The van der Waals surface area contributed by atoms with Gasteiger partial charge >= 0.3 is 18.0 Å². The third kappa shape index (κ3) is 7.81. The maximum absolute atomic E-state index is 12.9. The largest absolute Gasteiger partial charge is 0.481 e. The molecule has 3 N–H and O–H groups in total. The fourth-order valence-electron chi connectivity index (χ4n) is 3.37. The van der Waals surface area contributed by atoms with Gasteiger partial charge in [0.2, 0.25) is 6.29 Å². The molecule has 0 saturated carbocycles. The minimum atomic E-state index is -1.22. The van der Waals surface area contributed by atoms with Gasteiger partial charge in [0.05, 0.1) is 29.2 Å².